The lowest BCUT2D eigenvalue weighted by atomic mass is 10.2. The van der Waals surface area contributed by atoms with Gasteiger partial charge in [0, 0.05) is 13.1 Å². The first-order valence-electron chi connectivity index (χ1n) is 5.77. The number of aryl methyl sites for hydroxylation is 1. The van der Waals surface area contributed by atoms with Crippen LogP contribution in [0.25, 0.3) is 6.08 Å². The Morgan fingerprint density at radius 3 is 2.84 bits per heavy atom. The smallest absolute Gasteiger partial charge is 0.346 e. The van der Waals surface area contributed by atoms with Crippen molar-refractivity contribution in [1.29, 1.82) is 5.26 Å². The van der Waals surface area contributed by atoms with Gasteiger partial charge in [-0.2, -0.15) is 5.26 Å². The highest BCUT2D eigenvalue weighted by Crippen LogP contribution is 2.28. The van der Waals surface area contributed by atoms with Crippen LogP contribution in [0.5, 0.6) is 0 Å². The van der Waals surface area contributed by atoms with E-state index in [1.807, 2.05) is 6.92 Å². The van der Waals surface area contributed by atoms with E-state index in [-0.39, 0.29) is 5.57 Å². The van der Waals surface area contributed by atoms with Gasteiger partial charge >= 0.3 is 5.97 Å². The van der Waals surface area contributed by atoms with Crippen LogP contribution < -0.4 is 4.90 Å². The number of thiazole rings is 1. The second-order valence-electron chi connectivity index (χ2n) is 4.02. The summed E-state index contributed by atoms with van der Waals surface area (Å²) >= 11 is 1.40. The molecule has 1 N–H and O–H groups in total. The Hall–Kier alpha value is -1.91. The third-order valence-corrected chi connectivity index (χ3v) is 3.89. The van der Waals surface area contributed by atoms with Gasteiger partial charge in [0.05, 0.1) is 23.8 Å². The minimum atomic E-state index is -1.22. The Morgan fingerprint density at radius 2 is 2.26 bits per heavy atom. The van der Waals surface area contributed by atoms with Crippen molar-refractivity contribution in [3.63, 3.8) is 0 Å². The van der Waals surface area contributed by atoms with Gasteiger partial charge in [0.15, 0.2) is 5.13 Å². The second kappa shape index (κ2) is 5.82. The van der Waals surface area contributed by atoms with E-state index in [0.29, 0.717) is 18.1 Å². The summed E-state index contributed by atoms with van der Waals surface area (Å²) < 4.78 is 5.27. The van der Waals surface area contributed by atoms with Gasteiger partial charge in [-0.15, -0.1) is 0 Å². The molecule has 0 radical (unpaired) electrons. The zero-order valence-electron chi connectivity index (χ0n) is 10.4. The summed E-state index contributed by atoms with van der Waals surface area (Å²) in [5.41, 5.74) is 0.459. The van der Waals surface area contributed by atoms with E-state index in [2.05, 4.69) is 9.88 Å². The van der Waals surface area contributed by atoms with E-state index in [1.165, 1.54) is 17.4 Å². The van der Waals surface area contributed by atoms with Gasteiger partial charge in [-0.3, -0.25) is 0 Å². The van der Waals surface area contributed by atoms with Crippen molar-refractivity contribution in [3.05, 3.63) is 16.1 Å². The van der Waals surface area contributed by atoms with Crippen LogP contribution in [0.1, 0.15) is 10.6 Å². The molecule has 0 amide bonds. The largest absolute Gasteiger partial charge is 0.477 e. The van der Waals surface area contributed by atoms with Gasteiger partial charge in [-0.05, 0) is 13.0 Å². The number of carboxylic acid groups (broad SMARTS) is 1. The SMILES string of the molecule is Cc1nc(N2CCOCC2)sc1/C=C(\C#N)C(=O)O. The topological polar surface area (TPSA) is 86.5 Å². The summed E-state index contributed by atoms with van der Waals surface area (Å²) in [7, 11) is 0. The third kappa shape index (κ3) is 3.10. The van der Waals surface area contributed by atoms with Crippen LogP contribution in [0, 0.1) is 18.3 Å². The molecule has 0 saturated carbocycles. The van der Waals surface area contributed by atoms with Crippen LogP contribution in [0.3, 0.4) is 0 Å². The van der Waals surface area contributed by atoms with Crippen molar-refractivity contribution in [3.8, 4) is 6.07 Å². The average molecular weight is 279 g/mol. The monoisotopic (exact) mass is 279 g/mol. The molecule has 2 heterocycles. The molecule has 1 aromatic rings. The average Bonchev–Trinajstić information content (AvgIpc) is 2.78. The summed E-state index contributed by atoms with van der Waals surface area (Å²) in [5.74, 6) is -1.22. The number of morpholine rings is 1. The molecule has 0 aliphatic carbocycles. The number of carboxylic acids is 1. The number of aromatic nitrogens is 1. The summed E-state index contributed by atoms with van der Waals surface area (Å²) in [6, 6.07) is 1.67. The van der Waals surface area contributed by atoms with Crippen molar-refractivity contribution >= 4 is 28.5 Å². The molecule has 0 spiro atoms. The molecule has 6 nitrogen and oxygen atoms in total. The molecular formula is C12H13N3O3S. The molecule has 0 atom stereocenters. The van der Waals surface area contributed by atoms with Crippen molar-refractivity contribution in [2.75, 3.05) is 31.2 Å². The van der Waals surface area contributed by atoms with Crippen LogP contribution in [0.2, 0.25) is 0 Å². The molecule has 1 aromatic heterocycles. The van der Waals surface area contributed by atoms with E-state index in [4.69, 9.17) is 15.1 Å². The predicted molar refractivity (Wildman–Crippen MR) is 71.1 cm³/mol. The van der Waals surface area contributed by atoms with Crippen LogP contribution in [-0.2, 0) is 9.53 Å². The summed E-state index contributed by atoms with van der Waals surface area (Å²) in [5, 5.41) is 18.5. The van der Waals surface area contributed by atoms with E-state index < -0.39 is 5.97 Å². The number of nitrogens with zero attached hydrogens (tertiary/aromatic N) is 3. The first-order valence-corrected chi connectivity index (χ1v) is 6.58. The first-order chi connectivity index (χ1) is 9.11. The number of nitriles is 1. The molecule has 2 rings (SSSR count). The van der Waals surface area contributed by atoms with Gasteiger partial charge in [-0.25, -0.2) is 9.78 Å². The highest BCUT2D eigenvalue weighted by Gasteiger charge is 2.17. The van der Waals surface area contributed by atoms with Gasteiger partial charge in [0.25, 0.3) is 0 Å². The molecule has 7 heteroatoms. The molecule has 1 saturated heterocycles. The minimum absolute atomic E-state index is 0.278. The van der Waals surface area contributed by atoms with Crippen LogP contribution in [-0.4, -0.2) is 42.4 Å². The summed E-state index contributed by atoms with van der Waals surface area (Å²) in [4.78, 5) is 18.1. The molecule has 1 aliphatic heterocycles. The lowest BCUT2D eigenvalue weighted by Gasteiger charge is -2.25. The minimum Gasteiger partial charge on any atom is -0.477 e. The van der Waals surface area contributed by atoms with Gasteiger partial charge in [0.2, 0.25) is 0 Å². The van der Waals surface area contributed by atoms with E-state index in [0.717, 1.165) is 23.9 Å². The van der Waals surface area contributed by atoms with Crippen LogP contribution in [0.15, 0.2) is 5.57 Å². The third-order valence-electron chi connectivity index (χ3n) is 2.73. The van der Waals surface area contributed by atoms with E-state index in [1.54, 1.807) is 6.07 Å². The highest BCUT2D eigenvalue weighted by molar-refractivity contribution is 7.16. The Morgan fingerprint density at radius 1 is 1.58 bits per heavy atom. The fourth-order valence-electron chi connectivity index (χ4n) is 1.69. The van der Waals surface area contributed by atoms with Gasteiger partial charge in [0.1, 0.15) is 11.6 Å². The molecule has 100 valence electrons. The molecular weight excluding hydrogens is 266 g/mol. The number of carbonyl (C=O) groups is 1. The maximum Gasteiger partial charge on any atom is 0.346 e. The Kier molecular flexibility index (Phi) is 4.14. The van der Waals surface area contributed by atoms with Crippen LogP contribution >= 0.6 is 11.3 Å². The molecule has 0 aromatic carbocycles. The van der Waals surface area contributed by atoms with Crippen molar-refractivity contribution < 1.29 is 14.6 Å². The number of ether oxygens (including phenoxy) is 1. The normalized spacial score (nSPS) is 16.2. The van der Waals surface area contributed by atoms with Crippen molar-refractivity contribution in [2.24, 2.45) is 0 Å². The molecule has 0 bridgehead atoms. The predicted octanol–water partition coefficient (Wildman–Crippen LogP) is 1.28. The number of anilines is 1. The van der Waals surface area contributed by atoms with Crippen molar-refractivity contribution in [2.45, 2.75) is 6.92 Å². The molecule has 19 heavy (non-hydrogen) atoms. The maximum absolute atomic E-state index is 10.8. The van der Waals surface area contributed by atoms with Crippen molar-refractivity contribution in [1.82, 2.24) is 4.98 Å². The fraction of sp³-hybridized carbons (Fsp3) is 0.417. The Balaban J connectivity index is 2.26. The van der Waals surface area contributed by atoms with E-state index >= 15 is 0 Å². The molecule has 0 unspecified atom stereocenters. The quantitative estimate of drug-likeness (QED) is 0.662. The van der Waals surface area contributed by atoms with Crippen LogP contribution in [0.4, 0.5) is 5.13 Å². The number of aliphatic carboxylic acids is 1. The number of hydrogen-bond acceptors (Lipinski definition) is 6. The Labute approximate surface area is 114 Å². The lowest BCUT2D eigenvalue weighted by molar-refractivity contribution is -0.132. The number of rotatable bonds is 3. The zero-order valence-corrected chi connectivity index (χ0v) is 11.2. The fourth-order valence-corrected chi connectivity index (χ4v) is 2.75. The zero-order chi connectivity index (χ0) is 13.8. The molecule has 1 fully saturated rings. The maximum atomic E-state index is 10.8. The first kappa shape index (κ1) is 13.5. The highest BCUT2D eigenvalue weighted by atomic mass is 32.1. The van der Waals surface area contributed by atoms with E-state index in [9.17, 15) is 4.79 Å². The molecule has 1 aliphatic rings. The summed E-state index contributed by atoms with van der Waals surface area (Å²) in [6.45, 7) is 4.70. The number of hydrogen-bond donors (Lipinski definition) is 1. The second-order valence-corrected chi connectivity index (χ2v) is 5.03. The van der Waals surface area contributed by atoms with Gasteiger partial charge in [-0.1, -0.05) is 11.3 Å². The Bertz CT molecular complexity index is 553. The van der Waals surface area contributed by atoms with Gasteiger partial charge < -0.3 is 14.7 Å². The lowest BCUT2D eigenvalue weighted by Crippen LogP contribution is -2.36. The standard InChI is InChI=1S/C12H13N3O3S/c1-8-10(6-9(7-13)11(16)17)19-12(14-8)15-2-4-18-5-3-15/h6H,2-5H2,1H3,(H,16,17)/b9-6+. The summed E-state index contributed by atoms with van der Waals surface area (Å²) in [6.07, 6.45) is 1.37.